The largest absolute Gasteiger partial charge is 0.378 e. The van der Waals surface area contributed by atoms with Crippen molar-refractivity contribution in [1.82, 2.24) is 0 Å². The number of nitrogens with one attached hydrogen (secondary N) is 1. The Kier molecular flexibility index (Phi) is 2.66. The summed E-state index contributed by atoms with van der Waals surface area (Å²) in [5.74, 6) is 1.21. The summed E-state index contributed by atoms with van der Waals surface area (Å²) in [4.78, 5) is 0. The predicted molar refractivity (Wildman–Crippen MR) is 84.0 cm³/mol. The van der Waals surface area contributed by atoms with Crippen molar-refractivity contribution in [3.63, 3.8) is 0 Å². The van der Waals surface area contributed by atoms with E-state index in [9.17, 15) is 0 Å². The number of hydrogen-bond donors (Lipinski definition) is 1. The van der Waals surface area contributed by atoms with E-state index in [1.165, 1.54) is 28.8 Å². The summed E-state index contributed by atoms with van der Waals surface area (Å²) in [6.45, 7) is 2.18. The molecule has 0 aromatic heterocycles. The average molecular weight is 261 g/mol. The fourth-order valence-corrected chi connectivity index (χ4v) is 3.70. The molecule has 0 unspecified atom stereocenters. The van der Waals surface area contributed by atoms with Gasteiger partial charge in [-0.1, -0.05) is 60.2 Å². The van der Waals surface area contributed by atoms with Gasteiger partial charge in [0.2, 0.25) is 0 Å². The monoisotopic (exact) mass is 261 g/mol. The van der Waals surface area contributed by atoms with Crippen molar-refractivity contribution in [3.8, 4) is 0 Å². The van der Waals surface area contributed by atoms with Crippen molar-refractivity contribution in [2.75, 3.05) is 5.32 Å². The molecule has 0 spiro atoms. The lowest BCUT2D eigenvalue weighted by atomic mass is 9.77. The highest BCUT2D eigenvalue weighted by atomic mass is 15.0. The van der Waals surface area contributed by atoms with Gasteiger partial charge >= 0.3 is 0 Å². The van der Waals surface area contributed by atoms with Crippen LogP contribution in [-0.2, 0) is 0 Å². The summed E-state index contributed by atoms with van der Waals surface area (Å²) < 4.78 is 0. The van der Waals surface area contributed by atoms with Gasteiger partial charge in [0.25, 0.3) is 0 Å². The molecule has 1 heterocycles. The van der Waals surface area contributed by atoms with E-state index >= 15 is 0 Å². The van der Waals surface area contributed by atoms with Crippen LogP contribution in [0.4, 0.5) is 5.69 Å². The fraction of sp³-hybridized carbons (Fsp3) is 0.263. The van der Waals surface area contributed by atoms with Gasteiger partial charge in [0.05, 0.1) is 6.04 Å². The zero-order chi connectivity index (χ0) is 13.5. The molecule has 1 N–H and O–H groups in total. The van der Waals surface area contributed by atoms with Crippen LogP contribution in [0.1, 0.15) is 35.1 Å². The normalized spacial score (nSPS) is 26.8. The standard InChI is InChI=1S/C19H19N/c1-13-10-11-18-17(12-13)15-8-5-9-16(15)19(20-18)14-6-3-2-4-7-14/h2-8,10-12,15-16,19-20H,9H2,1H3/t15-,16+,19+/m0/s1. The van der Waals surface area contributed by atoms with Gasteiger partial charge in [0.15, 0.2) is 0 Å². The highest BCUT2D eigenvalue weighted by Crippen LogP contribution is 2.49. The Balaban J connectivity index is 1.80. The van der Waals surface area contributed by atoms with Gasteiger partial charge in [-0.15, -0.1) is 0 Å². The molecule has 0 fully saturated rings. The van der Waals surface area contributed by atoms with Crippen LogP contribution >= 0.6 is 0 Å². The van der Waals surface area contributed by atoms with Crippen LogP contribution in [0, 0.1) is 12.8 Å². The van der Waals surface area contributed by atoms with E-state index in [4.69, 9.17) is 0 Å². The van der Waals surface area contributed by atoms with E-state index < -0.39 is 0 Å². The second kappa shape index (κ2) is 4.52. The van der Waals surface area contributed by atoms with E-state index in [2.05, 4.69) is 72.9 Å². The van der Waals surface area contributed by atoms with Crippen molar-refractivity contribution < 1.29 is 0 Å². The van der Waals surface area contributed by atoms with Crippen LogP contribution in [-0.4, -0.2) is 0 Å². The molecule has 2 aliphatic rings. The second-order valence-corrected chi connectivity index (χ2v) is 5.98. The molecular weight excluding hydrogens is 242 g/mol. The minimum atomic E-state index is 0.423. The highest BCUT2D eigenvalue weighted by molar-refractivity contribution is 5.60. The van der Waals surface area contributed by atoms with Crippen LogP contribution in [0.5, 0.6) is 0 Å². The van der Waals surface area contributed by atoms with Crippen LogP contribution in [0.25, 0.3) is 0 Å². The second-order valence-electron chi connectivity index (χ2n) is 5.98. The molecule has 0 bridgehead atoms. The molecule has 0 saturated carbocycles. The molecule has 1 aliphatic carbocycles. The van der Waals surface area contributed by atoms with Gasteiger partial charge in [-0.2, -0.15) is 0 Å². The van der Waals surface area contributed by atoms with Gasteiger partial charge < -0.3 is 5.32 Å². The zero-order valence-electron chi connectivity index (χ0n) is 11.7. The number of anilines is 1. The van der Waals surface area contributed by atoms with Crippen molar-refractivity contribution in [1.29, 1.82) is 0 Å². The van der Waals surface area contributed by atoms with E-state index in [1.807, 2.05) is 0 Å². The van der Waals surface area contributed by atoms with Crippen molar-refractivity contribution in [3.05, 3.63) is 77.4 Å². The van der Waals surface area contributed by atoms with E-state index in [1.54, 1.807) is 0 Å². The summed E-state index contributed by atoms with van der Waals surface area (Å²) in [6, 6.07) is 18.1. The minimum Gasteiger partial charge on any atom is -0.378 e. The number of rotatable bonds is 1. The molecule has 0 saturated heterocycles. The SMILES string of the molecule is Cc1ccc2c(c1)[C@H]1C=CC[C@H]1[C@@H](c1ccccc1)N2. The highest BCUT2D eigenvalue weighted by Gasteiger charge is 2.37. The Hall–Kier alpha value is -2.02. The Morgan fingerprint density at radius 2 is 1.90 bits per heavy atom. The first-order chi connectivity index (χ1) is 9.83. The molecule has 4 rings (SSSR count). The van der Waals surface area contributed by atoms with E-state index in [0.29, 0.717) is 17.9 Å². The maximum absolute atomic E-state index is 3.77. The Morgan fingerprint density at radius 3 is 2.75 bits per heavy atom. The molecule has 1 aliphatic heterocycles. The third kappa shape index (κ3) is 1.77. The van der Waals surface area contributed by atoms with Crippen LogP contribution in [0.3, 0.4) is 0 Å². The van der Waals surface area contributed by atoms with Gasteiger partial charge in [-0.05, 0) is 36.5 Å². The van der Waals surface area contributed by atoms with Gasteiger partial charge in [0.1, 0.15) is 0 Å². The zero-order valence-corrected chi connectivity index (χ0v) is 11.7. The van der Waals surface area contributed by atoms with E-state index in [0.717, 1.165) is 0 Å². The van der Waals surface area contributed by atoms with Crippen molar-refractivity contribution in [2.45, 2.75) is 25.3 Å². The molecule has 0 radical (unpaired) electrons. The summed E-state index contributed by atoms with van der Waals surface area (Å²) in [5, 5.41) is 3.77. The molecule has 0 amide bonds. The molecule has 3 atom stereocenters. The van der Waals surface area contributed by atoms with Crippen molar-refractivity contribution in [2.24, 2.45) is 5.92 Å². The number of allylic oxidation sites excluding steroid dienone is 2. The molecule has 20 heavy (non-hydrogen) atoms. The van der Waals surface area contributed by atoms with Crippen molar-refractivity contribution >= 4 is 5.69 Å². The fourth-order valence-electron chi connectivity index (χ4n) is 3.70. The Bertz CT molecular complexity index is 657. The van der Waals surface area contributed by atoms with Gasteiger partial charge in [-0.25, -0.2) is 0 Å². The summed E-state index contributed by atoms with van der Waals surface area (Å²) in [6.07, 6.45) is 5.93. The molecular formula is C19H19N. The first kappa shape index (κ1) is 11.8. The Morgan fingerprint density at radius 1 is 1.05 bits per heavy atom. The molecule has 100 valence electrons. The first-order valence-electron chi connectivity index (χ1n) is 7.41. The molecule has 1 heteroatoms. The smallest absolute Gasteiger partial charge is 0.0553 e. The first-order valence-corrected chi connectivity index (χ1v) is 7.41. The lowest BCUT2D eigenvalue weighted by Gasteiger charge is -2.37. The predicted octanol–water partition coefficient (Wildman–Crippen LogP) is 4.82. The van der Waals surface area contributed by atoms with Crippen LogP contribution in [0.15, 0.2) is 60.7 Å². The Labute approximate surface area is 120 Å². The minimum absolute atomic E-state index is 0.423. The quantitative estimate of drug-likeness (QED) is 0.726. The lowest BCUT2D eigenvalue weighted by molar-refractivity contribution is 0.425. The van der Waals surface area contributed by atoms with E-state index in [-0.39, 0.29) is 0 Å². The number of fused-ring (bicyclic) bond motifs is 3. The maximum Gasteiger partial charge on any atom is 0.0553 e. The molecule has 2 aromatic rings. The van der Waals surface area contributed by atoms with Crippen LogP contribution < -0.4 is 5.32 Å². The molecule has 2 aromatic carbocycles. The summed E-state index contributed by atoms with van der Waals surface area (Å²) in [5.41, 5.74) is 5.52. The van der Waals surface area contributed by atoms with Gasteiger partial charge in [0, 0.05) is 11.6 Å². The topological polar surface area (TPSA) is 12.0 Å². The number of aryl methyl sites for hydroxylation is 1. The number of benzene rings is 2. The van der Waals surface area contributed by atoms with Gasteiger partial charge in [-0.3, -0.25) is 0 Å². The average Bonchev–Trinajstić information content (AvgIpc) is 2.97. The summed E-state index contributed by atoms with van der Waals surface area (Å²) >= 11 is 0. The molecule has 1 nitrogen and oxygen atoms in total. The third-order valence-corrected chi connectivity index (χ3v) is 4.68. The third-order valence-electron chi connectivity index (χ3n) is 4.68. The number of hydrogen-bond acceptors (Lipinski definition) is 1. The summed E-state index contributed by atoms with van der Waals surface area (Å²) in [7, 11) is 0. The van der Waals surface area contributed by atoms with Crippen LogP contribution in [0.2, 0.25) is 0 Å². The maximum atomic E-state index is 3.77. The lowest BCUT2D eigenvalue weighted by Crippen LogP contribution is -2.29.